The van der Waals surface area contributed by atoms with Crippen LogP contribution < -0.4 is 30.6 Å². The number of hydrogen-bond donors (Lipinski definition) is 6. The van der Waals surface area contributed by atoms with E-state index >= 15 is 0 Å². The number of aryl methyl sites for hydroxylation is 2. The smallest absolute Gasteiger partial charge is 0.343 e. The zero-order valence-corrected chi connectivity index (χ0v) is 23.8. The predicted octanol–water partition coefficient (Wildman–Crippen LogP) is 2.99. The predicted molar refractivity (Wildman–Crippen MR) is 159 cm³/mol. The molecule has 13 heteroatoms. The van der Waals surface area contributed by atoms with E-state index in [-0.39, 0.29) is 60.0 Å². The monoisotopic (exact) mass is 604 g/mol. The van der Waals surface area contributed by atoms with Crippen molar-refractivity contribution in [2.24, 2.45) is 5.73 Å². The Labute approximate surface area is 252 Å². The van der Waals surface area contributed by atoms with Crippen LogP contribution in [0.3, 0.4) is 0 Å². The molecule has 13 nitrogen and oxygen atoms in total. The molecule has 1 atom stereocenters. The molecule has 1 amide bonds. The van der Waals surface area contributed by atoms with Crippen LogP contribution in [0.1, 0.15) is 50.2 Å². The Kier molecular flexibility index (Phi) is 10.0. The lowest BCUT2D eigenvalue weighted by atomic mass is 9.98. The van der Waals surface area contributed by atoms with E-state index in [2.05, 4.69) is 10.6 Å². The Morgan fingerprint density at radius 1 is 1.09 bits per heavy atom. The standard InChI is InChI=1S/C31H32N4O9/c1-42-21-9-4-17(5-10-21)15-23(29(39)40)35-28(38)26-18(7-13-25(36)37)6-12-24-27(26)43-14-2-3-19-16-20(34-31(32)33)8-11-22(19)30(41)44-24/h4-6,8-12,16,23H,2-3,7,13-15H2,1H3,(H,35,38)(H,36,37)(H,39,40)(H4,32,33,34). The fraction of sp³-hybridized carbons (Fsp3) is 0.258. The van der Waals surface area contributed by atoms with Gasteiger partial charge in [-0.15, -0.1) is 0 Å². The van der Waals surface area contributed by atoms with Crippen LogP contribution in [0.25, 0.3) is 0 Å². The van der Waals surface area contributed by atoms with Crippen molar-refractivity contribution in [3.8, 4) is 17.2 Å². The number of nitrogens with two attached hydrogens (primary N) is 1. The number of carbonyl (C=O) groups is 4. The molecule has 1 unspecified atom stereocenters. The SMILES string of the molecule is COc1ccc(CC(NC(=O)c2c(CCC(=O)O)ccc3c2OCCCc2cc(NC(=N)N)ccc2C(=O)O3)C(=O)O)cc1. The van der Waals surface area contributed by atoms with E-state index in [0.29, 0.717) is 35.4 Å². The summed E-state index contributed by atoms with van der Waals surface area (Å²) in [7, 11) is 1.51. The van der Waals surface area contributed by atoms with E-state index in [9.17, 15) is 29.4 Å². The van der Waals surface area contributed by atoms with Crippen molar-refractivity contribution in [1.29, 1.82) is 5.41 Å². The van der Waals surface area contributed by atoms with Crippen molar-refractivity contribution in [3.05, 3.63) is 82.4 Å². The lowest BCUT2D eigenvalue weighted by Gasteiger charge is -2.22. The molecule has 0 saturated carbocycles. The molecule has 0 spiro atoms. The van der Waals surface area contributed by atoms with E-state index in [1.807, 2.05) is 0 Å². The molecule has 1 heterocycles. The molecule has 44 heavy (non-hydrogen) atoms. The molecule has 7 N–H and O–H groups in total. The molecule has 0 aliphatic carbocycles. The van der Waals surface area contributed by atoms with Crippen molar-refractivity contribution in [2.45, 2.75) is 38.1 Å². The average molecular weight is 605 g/mol. The number of amides is 1. The first-order valence-corrected chi connectivity index (χ1v) is 13.7. The second-order valence-electron chi connectivity index (χ2n) is 9.99. The zero-order chi connectivity index (χ0) is 31.8. The number of fused-ring (bicyclic) bond motifs is 2. The van der Waals surface area contributed by atoms with Gasteiger partial charge < -0.3 is 40.8 Å². The van der Waals surface area contributed by atoms with E-state index in [1.54, 1.807) is 36.4 Å². The van der Waals surface area contributed by atoms with Crippen LogP contribution in [0.5, 0.6) is 17.2 Å². The highest BCUT2D eigenvalue weighted by Gasteiger charge is 2.29. The molecular weight excluding hydrogens is 572 g/mol. The topological polar surface area (TPSA) is 210 Å². The van der Waals surface area contributed by atoms with Gasteiger partial charge in [0.2, 0.25) is 0 Å². The minimum Gasteiger partial charge on any atom is -0.497 e. The second kappa shape index (κ2) is 14.1. The van der Waals surface area contributed by atoms with Crippen molar-refractivity contribution in [2.75, 3.05) is 19.0 Å². The highest BCUT2D eigenvalue weighted by Crippen LogP contribution is 2.36. The Morgan fingerprint density at radius 2 is 1.84 bits per heavy atom. The fourth-order valence-electron chi connectivity index (χ4n) is 4.78. The molecule has 230 valence electrons. The molecule has 1 aliphatic rings. The largest absolute Gasteiger partial charge is 0.497 e. The summed E-state index contributed by atoms with van der Waals surface area (Å²) in [5.74, 6) is -3.78. The fourth-order valence-corrected chi connectivity index (χ4v) is 4.78. The first kappa shape index (κ1) is 31.3. The van der Waals surface area contributed by atoms with Crippen LogP contribution in [0.4, 0.5) is 5.69 Å². The summed E-state index contributed by atoms with van der Waals surface area (Å²) in [4.78, 5) is 50.6. The summed E-state index contributed by atoms with van der Waals surface area (Å²) in [6.45, 7) is 0.0885. The van der Waals surface area contributed by atoms with Crippen LogP contribution in [0.2, 0.25) is 0 Å². The quantitative estimate of drug-likeness (QED) is 0.0857. The second-order valence-corrected chi connectivity index (χ2v) is 9.99. The van der Waals surface area contributed by atoms with Gasteiger partial charge in [0, 0.05) is 18.5 Å². The zero-order valence-electron chi connectivity index (χ0n) is 23.8. The third-order valence-electron chi connectivity index (χ3n) is 6.89. The molecule has 0 fully saturated rings. The maximum Gasteiger partial charge on any atom is 0.343 e. The Hall–Kier alpha value is -5.59. The third-order valence-corrected chi connectivity index (χ3v) is 6.89. The Balaban J connectivity index is 1.69. The van der Waals surface area contributed by atoms with Crippen LogP contribution in [-0.4, -0.2) is 59.7 Å². The maximum absolute atomic E-state index is 13.7. The molecule has 3 aromatic carbocycles. The van der Waals surface area contributed by atoms with E-state index in [4.69, 9.17) is 25.4 Å². The van der Waals surface area contributed by atoms with E-state index < -0.39 is 29.9 Å². The molecular formula is C31H32N4O9. The number of aliphatic carboxylic acids is 2. The van der Waals surface area contributed by atoms with Gasteiger partial charge in [0.25, 0.3) is 5.91 Å². The number of rotatable bonds is 10. The number of carboxylic acid groups (broad SMARTS) is 2. The summed E-state index contributed by atoms with van der Waals surface area (Å²) >= 11 is 0. The highest BCUT2D eigenvalue weighted by atomic mass is 16.6. The number of ether oxygens (including phenoxy) is 3. The van der Waals surface area contributed by atoms with Crippen molar-refractivity contribution >= 4 is 35.5 Å². The number of nitrogens with one attached hydrogen (secondary N) is 3. The number of hydrogen-bond acceptors (Lipinski definition) is 8. The summed E-state index contributed by atoms with van der Waals surface area (Å²) in [6, 6.07) is 13.0. The van der Waals surface area contributed by atoms with Gasteiger partial charge in [0.05, 0.1) is 24.8 Å². The van der Waals surface area contributed by atoms with Gasteiger partial charge in [0.1, 0.15) is 11.8 Å². The van der Waals surface area contributed by atoms with Gasteiger partial charge in [0.15, 0.2) is 17.5 Å². The van der Waals surface area contributed by atoms with Crippen molar-refractivity contribution < 1.29 is 43.6 Å². The first-order valence-electron chi connectivity index (χ1n) is 13.7. The normalized spacial score (nSPS) is 13.2. The molecule has 0 bridgehead atoms. The number of methoxy groups -OCH3 is 1. The van der Waals surface area contributed by atoms with Gasteiger partial charge in [-0.2, -0.15) is 0 Å². The van der Waals surface area contributed by atoms with Crippen LogP contribution in [0.15, 0.2) is 54.6 Å². The summed E-state index contributed by atoms with van der Waals surface area (Å²) in [6.07, 6.45) is 0.387. The van der Waals surface area contributed by atoms with Crippen LogP contribution in [-0.2, 0) is 28.9 Å². The molecule has 0 radical (unpaired) electrons. The maximum atomic E-state index is 13.7. The summed E-state index contributed by atoms with van der Waals surface area (Å²) in [5.41, 5.74) is 7.64. The highest BCUT2D eigenvalue weighted by molar-refractivity contribution is 6.02. The molecule has 4 rings (SSSR count). The van der Waals surface area contributed by atoms with Crippen LogP contribution >= 0.6 is 0 Å². The van der Waals surface area contributed by atoms with Gasteiger partial charge in [-0.1, -0.05) is 18.2 Å². The van der Waals surface area contributed by atoms with Crippen molar-refractivity contribution in [3.63, 3.8) is 0 Å². The Bertz CT molecular complexity index is 1590. The summed E-state index contributed by atoms with van der Waals surface area (Å²) in [5, 5.41) is 31.9. The number of carboxylic acids is 2. The van der Waals surface area contributed by atoms with Gasteiger partial charge in [-0.25, -0.2) is 9.59 Å². The number of guanidine groups is 1. The van der Waals surface area contributed by atoms with E-state index in [1.165, 1.54) is 25.3 Å². The number of benzene rings is 3. The van der Waals surface area contributed by atoms with Gasteiger partial charge in [-0.05, 0) is 72.4 Å². The lowest BCUT2D eigenvalue weighted by Crippen LogP contribution is -2.42. The lowest BCUT2D eigenvalue weighted by molar-refractivity contribution is -0.139. The Morgan fingerprint density at radius 3 is 2.50 bits per heavy atom. The molecule has 0 aromatic heterocycles. The van der Waals surface area contributed by atoms with Gasteiger partial charge in [-0.3, -0.25) is 15.0 Å². The van der Waals surface area contributed by atoms with Gasteiger partial charge >= 0.3 is 17.9 Å². The van der Waals surface area contributed by atoms with E-state index in [0.717, 1.165) is 0 Å². The number of anilines is 1. The number of carbonyl (C=O) groups excluding carboxylic acids is 2. The minimum atomic E-state index is -1.34. The number of esters is 1. The third kappa shape index (κ3) is 7.82. The minimum absolute atomic E-state index is 0.0440. The molecule has 3 aromatic rings. The summed E-state index contributed by atoms with van der Waals surface area (Å²) < 4.78 is 16.8. The molecule has 1 aliphatic heterocycles. The first-order chi connectivity index (χ1) is 21.0. The average Bonchev–Trinajstić information content (AvgIpc) is 2.98. The molecule has 0 saturated heterocycles. The van der Waals surface area contributed by atoms with Crippen LogP contribution in [0, 0.1) is 5.41 Å². The van der Waals surface area contributed by atoms with Crippen molar-refractivity contribution in [1.82, 2.24) is 5.32 Å².